The van der Waals surface area contributed by atoms with Crippen molar-refractivity contribution in [3.63, 3.8) is 0 Å². The van der Waals surface area contributed by atoms with Crippen molar-refractivity contribution in [3.05, 3.63) is 48.0 Å². The van der Waals surface area contributed by atoms with Crippen molar-refractivity contribution in [2.75, 3.05) is 44.1 Å². The van der Waals surface area contributed by atoms with Gasteiger partial charge in [0.1, 0.15) is 23.7 Å². The standard InChI is InChI=1S/C28H35FN6O4S/c1-18-14-20(34-40(37)12-10-35(11-13-40)28(36)30-2)16-24-26(18)27(32-17-31-24)33-23-9-4-19(29)15-25(23)39-22-7-5-21(38-3)6-8-22/h4,9,14-17,21-22H,5-8,10-13H2,1-3H3,(H,30,36)(H,31,32,33)/t21-,22-. The Kier molecular flexibility index (Phi) is 8.36. The van der Waals surface area contributed by atoms with E-state index in [9.17, 15) is 13.4 Å². The highest BCUT2D eigenvalue weighted by atomic mass is 32.2. The molecule has 2 fully saturated rings. The van der Waals surface area contributed by atoms with Crippen molar-refractivity contribution in [2.45, 2.75) is 44.8 Å². The molecule has 12 heteroatoms. The number of fused-ring (bicyclic) bond motifs is 1. The van der Waals surface area contributed by atoms with E-state index in [0.29, 0.717) is 53.1 Å². The van der Waals surface area contributed by atoms with Crippen LogP contribution in [0.4, 0.5) is 26.4 Å². The van der Waals surface area contributed by atoms with Crippen molar-refractivity contribution in [2.24, 2.45) is 4.36 Å². The van der Waals surface area contributed by atoms with Crippen LogP contribution in [-0.2, 0) is 14.5 Å². The monoisotopic (exact) mass is 570 g/mol. The van der Waals surface area contributed by atoms with Crippen LogP contribution in [0.3, 0.4) is 0 Å². The molecule has 0 spiro atoms. The maximum Gasteiger partial charge on any atom is 0.317 e. The Morgan fingerprint density at radius 2 is 1.82 bits per heavy atom. The molecule has 0 radical (unpaired) electrons. The first-order valence-corrected chi connectivity index (χ1v) is 15.3. The van der Waals surface area contributed by atoms with Crippen LogP contribution in [0.2, 0.25) is 0 Å². The van der Waals surface area contributed by atoms with Gasteiger partial charge in [-0.25, -0.2) is 23.4 Å². The third-order valence-corrected chi connectivity index (χ3v) is 9.68. The van der Waals surface area contributed by atoms with Gasteiger partial charge in [0.2, 0.25) is 0 Å². The number of rotatable bonds is 6. The average molecular weight is 571 g/mol. The molecule has 10 nitrogen and oxygen atoms in total. The molecule has 0 atom stereocenters. The van der Waals surface area contributed by atoms with E-state index in [2.05, 4.69) is 25.0 Å². The second-order valence-corrected chi connectivity index (χ2v) is 12.8. The van der Waals surface area contributed by atoms with E-state index >= 15 is 0 Å². The van der Waals surface area contributed by atoms with Crippen LogP contribution in [0.25, 0.3) is 10.9 Å². The number of benzene rings is 2. The number of nitrogens with one attached hydrogen (secondary N) is 2. The van der Waals surface area contributed by atoms with Gasteiger partial charge in [-0.1, -0.05) is 0 Å². The zero-order valence-electron chi connectivity index (χ0n) is 23.0. The molecular formula is C28H35FN6O4S. The Balaban J connectivity index is 1.39. The maximum atomic E-state index is 14.2. The molecule has 2 aromatic carbocycles. The summed E-state index contributed by atoms with van der Waals surface area (Å²) in [6.45, 7) is 2.70. The van der Waals surface area contributed by atoms with Gasteiger partial charge in [0.15, 0.2) is 0 Å². The summed E-state index contributed by atoms with van der Waals surface area (Å²) in [7, 11) is 0.802. The molecule has 0 unspecified atom stereocenters. The molecular weight excluding hydrogens is 535 g/mol. The summed E-state index contributed by atoms with van der Waals surface area (Å²) < 4.78 is 44.0. The fourth-order valence-electron chi connectivity index (χ4n) is 5.27. The maximum absolute atomic E-state index is 14.2. The molecule has 40 heavy (non-hydrogen) atoms. The van der Waals surface area contributed by atoms with Gasteiger partial charge in [0.05, 0.1) is 38.8 Å². The number of aryl methyl sites for hydroxylation is 1. The van der Waals surface area contributed by atoms with E-state index in [-0.39, 0.29) is 24.1 Å². The van der Waals surface area contributed by atoms with E-state index in [1.165, 1.54) is 18.5 Å². The van der Waals surface area contributed by atoms with Gasteiger partial charge in [0.25, 0.3) is 0 Å². The number of carbonyl (C=O) groups is 1. The van der Waals surface area contributed by atoms with Crippen molar-refractivity contribution in [1.82, 2.24) is 20.2 Å². The number of ether oxygens (including phenoxy) is 2. The summed E-state index contributed by atoms with van der Waals surface area (Å²) in [6.07, 6.45) is 5.15. The van der Waals surface area contributed by atoms with Gasteiger partial charge in [-0.05, 0) is 62.4 Å². The van der Waals surface area contributed by atoms with Crippen LogP contribution >= 0.6 is 0 Å². The summed E-state index contributed by atoms with van der Waals surface area (Å²) in [5.41, 5.74) is 2.68. The van der Waals surface area contributed by atoms with E-state index in [1.807, 2.05) is 13.0 Å². The molecule has 1 aliphatic heterocycles. The molecule has 5 rings (SSSR count). The lowest BCUT2D eigenvalue weighted by atomic mass is 9.95. The number of methoxy groups -OCH3 is 1. The molecule has 3 aromatic rings. The van der Waals surface area contributed by atoms with Crippen molar-refractivity contribution in [3.8, 4) is 5.75 Å². The number of nitrogens with zero attached hydrogens (tertiary/aromatic N) is 4. The second-order valence-electron chi connectivity index (χ2n) is 10.2. The quantitative estimate of drug-likeness (QED) is 0.432. The first kappa shape index (κ1) is 28.0. The fraction of sp³-hybridized carbons (Fsp3) is 0.464. The van der Waals surface area contributed by atoms with Crippen LogP contribution in [-0.4, -0.2) is 76.1 Å². The Labute approximate surface area is 233 Å². The van der Waals surface area contributed by atoms with Gasteiger partial charge >= 0.3 is 6.03 Å². The highest BCUT2D eigenvalue weighted by Gasteiger charge is 2.25. The molecule has 1 saturated heterocycles. The molecule has 1 saturated carbocycles. The number of aromatic nitrogens is 2. The van der Waals surface area contributed by atoms with Gasteiger partial charge in [-0.2, -0.15) is 4.36 Å². The Hall–Kier alpha value is -3.51. The highest BCUT2D eigenvalue weighted by Crippen LogP contribution is 2.35. The smallest absolute Gasteiger partial charge is 0.317 e. The van der Waals surface area contributed by atoms with Gasteiger partial charge in [0, 0.05) is 50.2 Å². The minimum atomic E-state index is -2.51. The van der Waals surface area contributed by atoms with Gasteiger partial charge < -0.3 is 25.0 Å². The second kappa shape index (κ2) is 11.9. The molecule has 0 bridgehead atoms. The van der Waals surface area contributed by atoms with Crippen LogP contribution in [0, 0.1) is 12.7 Å². The number of amides is 2. The Morgan fingerprint density at radius 3 is 2.52 bits per heavy atom. The van der Waals surface area contributed by atoms with Crippen molar-refractivity contribution < 1.29 is 22.9 Å². The van der Waals surface area contributed by atoms with E-state index in [0.717, 1.165) is 36.6 Å². The number of hydrogen-bond donors (Lipinski definition) is 2. The average Bonchev–Trinajstić information content (AvgIpc) is 2.94. The van der Waals surface area contributed by atoms with Crippen LogP contribution < -0.4 is 15.4 Å². The number of hydrogen-bond acceptors (Lipinski definition) is 8. The largest absolute Gasteiger partial charge is 0.488 e. The zero-order valence-corrected chi connectivity index (χ0v) is 23.8. The molecule has 2 N–H and O–H groups in total. The van der Waals surface area contributed by atoms with E-state index in [4.69, 9.17) is 9.47 Å². The lowest BCUT2D eigenvalue weighted by Crippen LogP contribution is -2.47. The summed E-state index contributed by atoms with van der Waals surface area (Å²) >= 11 is 0. The predicted octanol–water partition coefficient (Wildman–Crippen LogP) is 4.91. The molecule has 2 aliphatic rings. The normalized spacial score (nSPS) is 20.6. The topological polar surface area (TPSA) is 118 Å². The van der Waals surface area contributed by atoms with Crippen LogP contribution in [0.1, 0.15) is 31.2 Å². The minimum Gasteiger partial charge on any atom is -0.488 e. The SMILES string of the molecule is CNC(=O)N1CCS(=O)(=Nc2cc(C)c3c(Nc4ccc(F)cc4O[C@H]4CC[C@H](OC)CC4)ncnc3c2)CC1. The zero-order chi connectivity index (χ0) is 28.3. The fourth-order valence-corrected chi connectivity index (χ4v) is 7.16. The summed E-state index contributed by atoms with van der Waals surface area (Å²) in [5.74, 6) is 1.23. The van der Waals surface area contributed by atoms with Crippen LogP contribution in [0.15, 0.2) is 41.0 Å². The van der Waals surface area contributed by atoms with E-state index < -0.39 is 9.73 Å². The third kappa shape index (κ3) is 6.28. The van der Waals surface area contributed by atoms with Crippen molar-refractivity contribution in [1.29, 1.82) is 0 Å². The van der Waals surface area contributed by atoms with Gasteiger partial charge in [-0.3, -0.25) is 0 Å². The predicted molar refractivity (Wildman–Crippen MR) is 154 cm³/mol. The first-order chi connectivity index (χ1) is 19.3. The third-order valence-electron chi connectivity index (χ3n) is 7.50. The highest BCUT2D eigenvalue weighted by molar-refractivity contribution is 7.93. The number of urea groups is 1. The Morgan fingerprint density at radius 1 is 1.10 bits per heavy atom. The summed E-state index contributed by atoms with van der Waals surface area (Å²) in [6, 6.07) is 7.91. The van der Waals surface area contributed by atoms with Crippen LogP contribution in [0.5, 0.6) is 5.75 Å². The summed E-state index contributed by atoms with van der Waals surface area (Å²) in [5, 5.41) is 6.71. The minimum absolute atomic E-state index is 0.0214. The van der Waals surface area contributed by atoms with Gasteiger partial charge in [-0.15, -0.1) is 0 Å². The molecule has 1 aromatic heterocycles. The summed E-state index contributed by atoms with van der Waals surface area (Å²) in [4.78, 5) is 22.4. The number of carbonyl (C=O) groups excluding carboxylic acids is 1. The molecule has 1 aliphatic carbocycles. The molecule has 214 valence electrons. The van der Waals surface area contributed by atoms with E-state index in [1.54, 1.807) is 31.2 Å². The lowest BCUT2D eigenvalue weighted by molar-refractivity contribution is 0.0329. The number of halogens is 1. The first-order valence-electron chi connectivity index (χ1n) is 13.5. The number of anilines is 2. The lowest BCUT2D eigenvalue weighted by Gasteiger charge is -2.29. The van der Waals surface area contributed by atoms with Crippen molar-refractivity contribution >= 4 is 43.9 Å². The molecule has 2 heterocycles. The molecule has 2 amide bonds. The Bertz CT molecular complexity index is 1500.